The number of anilines is 2. The molecule has 0 unspecified atom stereocenters. The molecule has 0 spiro atoms. The fourth-order valence-electron chi connectivity index (χ4n) is 2.82. The summed E-state index contributed by atoms with van der Waals surface area (Å²) in [4.78, 5) is 16.3. The Morgan fingerprint density at radius 2 is 1.88 bits per heavy atom. The van der Waals surface area contributed by atoms with Crippen LogP contribution in [0.4, 0.5) is 11.5 Å². The highest BCUT2D eigenvalue weighted by molar-refractivity contribution is 5.94. The van der Waals surface area contributed by atoms with Crippen molar-refractivity contribution in [3.05, 3.63) is 54.3 Å². The van der Waals surface area contributed by atoms with Gasteiger partial charge in [0.15, 0.2) is 6.29 Å². The molecule has 0 aliphatic rings. The van der Waals surface area contributed by atoms with Crippen LogP contribution in [0.2, 0.25) is 0 Å². The first-order valence-corrected chi connectivity index (χ1v) is 10.5. The van der Waals surface area contributed by atoms with Crippen LogP contribution in [0, 0.1) is 0 Å². The van der Waals surface area contributed by atoms with Gasteiger partial charge in [0.2, 0.25) is 5.90 Å². The molecule has 0 bridgehead atoms. The summed E-state index contributed by atoms with van der Waals surface area (Å²) < 4.78 is 12.4. The molecule has 0 aliphatic carbocycles. The zero-order chi connectivity index (χ0) is 25.0. The second kappa shape index (κ2) is 13.2. The summed E-state index contributed by atoms with van der Waals surface area (Å²) >= 11 is 0. The lowest BCUT2D eigenvalue weighted by Crippen LogP contribution is -2.25. The van der Waals surface area contributed by atoms with Crippen LogP contribution in [0.5, 0.6) is 0 Å². The molecule has 1 aromatic heterocycles. The van der Waals surface area contributed by atoms with Gasteiger partial charge in [0.25, 0.3) is 0 Å². The second-order valence-corrected chi connectivity index (χ2v) is 7.77. The molecule has 2 aromatic rings. The Balaban J connectivity index is 0.00000265. The van der Waals surface area contributed by atoms with Gasteiger partial charge in [-0.15, -0.1) is 0 Å². The quantitative estimate of drug-likeness (QED) is 0.132. The molecule has 5 N–H and O–H groups in total. The lowest BCUT2D eigenvalue weighted by atomic mass is 10.1. The molecule has 9 nitrogen and oxygen atoms in total. The van der Waals surface area contributed by atoms with Crippen LogP contribution in [0.3, 0.4) is 0 Å². The average molecular weight is 457 g/mol. The topological polar surface area (TPSA) is 130 Å². The van der Waals surface area contributed by atoms with Crippen LogP contribution in [0.1, 0.15) is 31.1 Å². The number of aldehydes is 1. The predicted molar refractivity (Wildman–Crippen MR) is 136 cm³/mol. The molecule has 9 heteroatoms. The Morgan fingerprint density at radius 3 is 2.36 bits per heavy atom. The SMILES string of the molecule is C=C/C(=C\C(=NC)OCCOC)Nc1c(C=O)c(-c2ccc(N)cc2)nn1C(C)(C)C.CN. The molecule has 1 aromatic carbocycles. The minimum atomic E-state index is -0.394. The Morgan fingerprint density at radius 1 is 1.24 bits per heavy atom. The average Bonchev–Trinajstić information content (AvgIpc) is 3.18. The van der Waals surface area contributed by atoms with E-state index in [0.717, 1.165) is 11.8 Å². The number of methoxy groups -OCH3 is 1. The van der Waals surface area contributed by atoms with Gasteiger partial charge >= 0.3 is 0 Å². The normalized spacial score (nSPS) is 12.0. The monoisotopic (exact) mass is 456 g/mol. The van der Waals surface area contributed by atoms with E-state index < -0.39 is 5.54 Å². The summed E-state index contributed by atoms with van der Waals surface area (Å²) in [5, 5.41) is 8.02. The number of rotatable bonds is 9. The number of allylic oxidation sites excluding steroid dienone is 1. The van der Waals surface area contributed by atoms with Crippen molar-refractivity contribution in [2.75, 3.05) is 45.5 Å². The van der Waals surface area contributed by atoms with E-state index in [-0.39, 0.29) is 0 Å². The number of nitrogens with zero attached hydrogens (tertiary/aromatic N) is 3. The van der Waals surface area contributed by atoms with Gasteiger partial charge in [0, 0.05) is 37.2 Å². The van der Waals surface area contributed by atoms with Crippen molar-refractivity contribution in [2.24, 2.45) is 10.7 Å². The highest BCUT2D eigenvalue weighted by atomic mass is 16.5. The highest BCUT2D eigenvalue weighted by Crippen LogP contribution is 2.33. The summed E-state index contributed by atoms with van der Waals surface area (Å²) in [7, 11) is 4.74. The standard InChI is InChI=1S/C23H31N5O3.CH5N/c1-7-18(14-20(25-5)31-13-12-30-6)26-22-19(15-29)21(27-28(22)23(2,3)4)16-8-10-17(24)11-9-16;1-2/h7-11,14-15,26H,1,12-13,24H2,2-6H3;2H2,1H3/b18-14+,25-20?;. The third-order valence-corrected chi connectivity index (χ3v) is 4.38. The van der Waals surface area contributed by atoms with Gasteiger partial charge in [-0.1, -0.05) is 18.7 Å². The van der Waals surface area contributed by atoms with Gasteiger partial charge in [0.05, 0.1) is 17.7 Å². The molecule has 0 saturated heterocycles. The van der Waals surface area contributed by atoms with Crippen LogP contribution in [0.15, 0.2) is 53.7 Å². The molecule has 0 saturated carbocycles. The van der Waals surface area contributed by atoms with Gasteiger partial charge in [-0.05, 0) is 46.0 Å². The smallest absolute Gasteiger partial charge is 0.210 e. The summed E-state index contributed by atoms with van der Waals surface area (Å²) in [5.74, 6) is 0.959. The molecular weight excluding hydrogens is 420 g/mol. The first-order chi connectivity index (χ1) is 15.7. The Labute approximate surface area is 196 Å². The third-order valence-electron chi connectivity index (χ3n) is 4.38. The summed E-state index contributed by atoms with van der Waals surface area (Å²) in [6.45, 7) is 10.7. The number of carbonyl (C=O) groups is 1. The first-order valence-electron chi connectivity index (χ1n) is 10.5. The highest BCUT2D eigenvalue weighted by Gasteiger charge is 2.26. The van der Waals surface area contributed by atoms with Gasteiger partial charge in [0.1, 0.15) is 18.1 Å². The van der Waals surface area contributed by atoms with Gasteiger partial charge in [-0.2, -0.15) is 5.10 Å². The number of ether oxygens (including phenoxy) is 2. The fraction of sp³-hybridized carbons (Fsp3) is 0.375. The van der Waals surface area contributed by atoms with Crippen molar-refractivity contribution in [2.45, 2.75) is 26.3 Å². The maximum atomic E-state index is 12.1. The molecule has 0 aliphatic heterocycles. The van der Waals surface area contributed by atoms with Crippen molar-refractivity contribution >= 4 is 23.7 Å². The maximum absolute atomic E-state index is 12.1. The van der Waals surface area contributed by atoms with E-state index in [1.165, 1.54) is 7.05 Å². The first kappa shape index (κ1) is 27.6. The maximum Gasteiger partial charge on any atom is 0.210 e. The third kappa shape index (κ3) is 7.58. The number of nitrogens with one attached hydrogen (secondary N) is 1. The molecule has 0 radical (unpaired) electrons. The number of nitrogens with two attached hydrogens (primary N) is 2. The summed E-state index contributed by atoms with van der Waals surface area (Å²) in [6.07, 6.45) is 4.14. The molecular formula is C24H36N6O3. The number of aromatic nitrogens is 2. The van der Waals surface area contributed by atoms with E-state index >= 15 is 0 Å². The number of hydrogen-bond acceptors (Lipinski definition) is 8. The van der Waals surface area contributed by atoms with Crippen LogP contribution < -0.4 is 16.8 Å². The van der Waals surface area contributed by atoms with Crippen LogP contribution in [0.25, 0.3) is 11.3 Å². The zero-order valence-electron chi connectivity index (χ0n) is 20.4. The van der Waals surface area contributed by atoms with Crippen molar-refractivity contribution in [1.82, 2.24) is 9.78 Å². The minimum Gasteiger partial charge on any atom is -0.475 e. The van der Waals surface area contributed by atoms with Crippen molar-refractivity contribution in [3.8, 4) is 11.3 Å². The minimum absolute atomic E-state index is 0.366. The number of carbonyl (C=O) groups excluding carboxylic acids is 1. The molecule has 0 fully saturated rings. The van der Waals surface area contributed by atoms with Crippen molar-refractivity contribution in [3.63, 3.8) is 0 Å². The van der Waals surface area contributed by atoms with E-state index in [2.05, 4.69) is 22.6 Å². The van der Waals surface area contributed by atoms with Crippen molar-refractivity contribution < 1.29 is 14.3 Å². The largest absolute Gasteiger partial charge is 0.475 e. The fourth-order valence-corrected chi connectivity index (χ4v) is 2.82. The zero-order valence-corrected chi connectivity index (χ0v) is 20.4. The predicted octanol–water partition coefficient (Wildman–Crippen LogP) is 3.45. The summed E-state index contributed by atoms with van der Waals surface area (Å²) in [5.41, 5.74) is 13.0. The molecule has 1 heterocycles. The molecule has 0 amide bonds. The number of aliphatic imine (C=N–C) groups is 1. The Kier molecular flexibility index (Phi) is 11.0. The summed E-state index contributed by atoms with van der Waals surface area (Å²) in [6, 6.07) is 7.25. The van der Waals surface area contributed by atoms with Gasteiger partial charge in [-0.3, -0.25) is 9.79 Å². The number of hydrogen-bond donors (Lipinski definition) is 3. The van der Waals surface area contributed by atoms with E-state index in [4.69, 9.17) is 20.3 Å². The number of nitrogen functional groups attached to an aromatic ring is 1. The molecule has 180 valence electrons. The molecule has 0 atom stereocenters. The van der Waals surface area contributed by atoms with E-state index in [9.17, 15) is 4.79 Å². The van der Waals surface area contributed by atoms with E-state index in [1.807, 2.05) is 32.9 Å². The number of benzene rings is 1. The van der Waals surface area contributed by atoms with E-state index in [0.29, 0.717) is 47.6 Å². The van der Waals surface area contributed by atoms with Crippen LogP contribution >= 0.6 is 0 Å². The lowest BCUT2D eigenvalue weighted by Gasteiger charge is -2.23. The second-order valence-electron chi connectivity index (χ2n) is 7.77. The van der Waals surface area contributed by atoms with Gasteiger partial charge in [-0.25, -0.2) is 4.68 Å². The van der Waals surface area contributed by atoms with Gasteiger partial charge < -0.3 is 26.3 Å². The Bertz CT molecular complexity index is 969. The molecule has 33 heavy (non-hydrogen) atoms. The molecule has 2 rings (SSSR count). The Hall–Kier alpha value is -3.43. The van der Waals surface area contributed by atoms with E-state index in [1.54, 1.807) is 43.1 Å². The lowest BCUT2D eigenvalue weighted by molar-refractivity contribution is 0.112. The van der Waals surface area contributed by atoms with Crippen LogP contribution in [-0.2, 0) is 15.0 Å². The van der Waals surface area contributed by atoms with Crippen molar-refractivity contribution in [1.29, 1.82) is 0 Å². The van der Waals surface area contributed by atoms with Crippen LogP contribution in [-0.4, -0.2) is 56.4 Å².